The van der Waals surface area contributed by atoms with Crippen molar-refractivity contribution in [2.75, 3.05) is 0 Å². The molecule has 1 nitrogen and oxygen atoms in total. The third-order valence-corrected chi connectivity index (χ3v) is 3.38. The lowest BCUT2D eigenvalue weighted by Crippen LogP contribution is -2.14. The van der Waals surface area contributed by atoms with Crippen molar-refractivity contribution in [1.29, 1.82) is 0 Å². The van der Waals surface area contributed by atoms with Gasteiger partial charge in [0.15, 0.2) is 0 Å². The van der Waals surface area contributed by atoms with Crippen molar-refractivity contribution in [2.24, 2.45) is 0 Å². The summed E-state index contributed by atoms with van der Waals surface area (Å²) in [7, 11) is 0. The molecule has 0 heterocycles. The van der Waals surface area contributed by atoms with Crippen LogP contribution in [0, 0.1) is 0 Å². The number of halogens is 2. The molecule has 18 heavy (non-hydrogen) atoms. The number of hydrogen-bond acceptors (Lipinski definition) is 1. The predicted octanol–water partition coefficient (Wildman–Crippen LogP) is 4.14. The van der Waals surface area contributed by atoms with Crippen LogP contribution < -0.4 is 0 Å². The number of rotatable bonds is 4. The van der Waals surface area contributed by atoms with Gasteiger partial charge in [-0.3, -0.25) is 0 Å². The largest absolute Gasteiger partial charge is 0.392 e. The lowest BCUT2D eigenvalue weighted by Gasteiger charge is -2.12. The van der Waals surface area contributed by atoms with E-state index in [0.717, 1.165) is 11.1 Å². The van der Waals surface area contributed by atoms with Gasteiger partial charge in [0.1, 0.15) is 0 Å². The topological polar surface area (TPSA) is 20.2 Å². The Kier molecular flexibility index (Phi) is 4.65. The van der Waals surface area contributed by atoms with Crippen molar-refractivity contribution in [2.45, 2.75) is 18.9 Å². The third kappa shape index (κ3) is 3.74. The molecule has 3 heteroatoms. The van der Waals surface area contributed by atoms with E-state index in [1.165, 1.54) is 0 Å². The Labute approximate surface area is 117 Å². The fourth-order valence-electron chi connectivity index (χ4n) is 1.91. The minimum absolute atomic E-state index is 0.455. The molecule has 2 aromatic carbocycles. The van der Waals surface area contributed by atoms with Crippen molar-refractivity contribution in [1.82, 2.24) is 0 Å². The normalized spacial score (nSPS) is 12.4. The summed E-state index contributed by atoms with van der Waals surface area (Å²) in [6.07, 6.45) is 0.668. The molecule has 94 valence electrons. The van der Waals surface area contributed by atoms with E-state index >= 15 is 0 Å². The van der Waals surface area contributed by atoms with E-state index in [-0.39, 0.29) is 0 Å². The number of aliphatic hydroxyl groups is 1. The molecular formula is C15H14Cl2O. The van der Waals surface area contributed by atoms with E-state index < -0.39 is 6.10 Å². The van der Waals surface area contributed by atoms with Crippen LogP contribution in [0.15, 0.2) is 48.5 Å². The number of aliphatic hydroxyl groups excluding tert-OH is 1. The molecule has 0 fully saturated rings. The van der Waals surface area contributed by atoms with Gasteiger partial charge in [-0.05, 0) is 35.7 Å². The summed E-state index contributed by atoms with van der Waals surface area (Å²) in [5, 5.41) is 11.4. The third-order valence-electron chi connectivity index (χ3n) is 2.78. The maximum atomic E-state index is 10.1. The van der Waals surface area contributed by atoms with Crippen LogP contribution in [0.25, 0.3) is 0 Å². The lowest BCUT2D eigenvalue weighted by molar-refractivity contribution is 0.175. The van der Waals surface area contributed by atoms with Gasteiger partial charge in [0.05, 0.1) is 6.10 Å². The van der Waals surface area contributed by atoms with E-state index in [0.29, 0.717) is 22.9 Å². The first kappa shape index (κ1) is 13.4. The highest BCUT2D eigenvalue weighted by Crippen LogP contribution is 2.22. The zero-order valence-corrected chi connectivity index (χ0v) is 11.3. The van der Waals surface area contributed by atoms with E-state index in [1.807, 2.05) is 30.3 Å². The van der Waals surface area contributed by atoms with Crippen molar-refractivity contribution < 1.29 is 5.11 Å². The summed E-state index contributed by atoms with van der Waals surface area (Å²) < 4.78 is 0. The summed E-state index contributed by atoms with van der Waals surface area (Å²) >= 11 is 12.0. The van der Waals surface area contributed by atoms with Gasteiger partial charge in [-0.2, -0.15) is 0 Å². The van der Waals surface area contributed by atoms with E-state index in [9.17, 15) is 5.11 Å². The minimum Gasteiger partial charge on any atom is -0.392 e. The van der Waals surface area contributed by atoms with Gasteiger partial charge in [0.25, 0.3) is 0 Å². The van der Waals surface area contributed by atoms with Crippen molar-refractivity contribution >= 4 is 23.2 Å². The van der Waals surface area contributed by atoms with Gasteiger partial charge in [0, 0.05) is 16.5 Å². The Morgan fingerprint density at radius 1 is 0.944 bits per heavy atom. The van der Waals surface area contributed by atoms with Crippen molar-refractivity contribution in [3.63, 3.8) is 0 Å². The standard InChI is InChI=1S/C15H14Cl2O/c16-13-6-7-15(17)12(9-13)10-14(18)8-11-4-2-1-3-5-11/h1-7,9,14,18H,8,10H2. The van der Waals surface area contributed by atoms with Crippen LogP contribution in [0.4, 0.5) is 0 Å². The second-order valence-electron chi connectivity index (χ2n) is 4.28. The van der Waals surface area contributed by atoms with Crippen LogP contribution in [0.3, 0.4) is 0 Å². The quantitative estimate of drug-likeness (QED) is 0.893. The Morgan fingerprint density at radius 3 is 2.39 bits per heavy atom. The molecule has 0 amide bonds. The Bertz CT molecular complexity index is 511. The molecule has 0 spiro atoms. The van der Waals surface area contributed by atoms with Crippen LogP contribution in [0.1, 0.15) is 11.1 Å². The second-order valence-corrected chi connectivity index (χ2v) is 5.13. The predicted molar refractivity (Wildman–Crippen MR) is 76.3 cm³/mol. The summed E-state index contributed by atoms with van der Waals surface area (Å²) in [6, 6.07) is 15.2. The maximum Gasteiger partial charge on any atom is 0.0621 e. The number of benzene rings is 2. The van der Waals surface area contributed by atoms with Crippen LogP contribution in [0.2, 0.25) is 10.0 Å². The Hall–Kier alpha value is -1.02. The molecule has 0 bridgehead atoms. The van der Waals surface area contributed by atoms with Crippen LogP contribution in [-0.4, -0.2) is 11.2 Å². The van der Waals surface area contributed by atoms with E-state index in [4.69, 9.17) is 23.2 Å². The minimum atomic E-state index is -0.455. The molecule has 0 aromatic heterocycles. The fourth-order valence-corrected chi connectivity index (χ4v) is 2.30. The lowest BCUT2D eigenvalue weighted by atomic mass is 10.0. The first-order chi connectivity index (χ1) is 8.65. The van der Waals surface area contributed by atoms with Crippen LogP contribution >= 0.6 is 23.2 Å². The first-order valence-electron chi connectivity index (χ1n) is 5.81. The highest BCUT2D eigenvalue weighted by molar-refractivity contribution is 6.33. The van der Waals surface area contributed by atoms with E-state index in [2.05, 4.69) is 0 Å². The van der Waals surface area contributed by atoms with Crippen LogP contribution in [-0.2, 0) is 12.8 Å². The van der Waals surface area contributed by atoms with Gasteiger partial charge in [0.2, 0.25) is 0 Å². The molecule has 0 aliphatic heterocycles. The van der Waals surface area contributed by atoms with Gasteiger partial charge >= 0.3 is 0 Å². The molecule has 0 aliphatic carbocycles. The molecule has 2 aromatic rings. The highest BCUT2D eigenvalue weighted by atomic mass is 35.5. The van der Waals surface area contributed by atoms with Gasteiger partial charge < -0.3 is 5.11 Å². The molecule has 0 radical (unpaired) electrons. The molecule has 2 rings (SSSR count). The Morgan fingerprint density at radius 2 is 1.67 bits per heavy atom. The Balaban J connectivity index is 2.03. The van der Waals surface area contributed by atoms with Gasteiger partial charge in [-0.1, -0.05) is 53.5 Å². The summed E-state index contributed by atoms with van der Waals surface area (Å²) in [6.45, 7) is 0. The average molecular weight is 281 g/mol. The molecule has 1 unspecified atom stereocenters. The SMILES string of the molecule is OC(Cc1ccccc1)Cc1cc(Cl)ccc1Cl. The first-order valence-corrected chi connectivity index (χ1v) is 6.56. The van der Waals surface area contributed by atoms with E-state index in [1.54, 1.807) is 18.2 Å². The van der Waals surface area contributed by atoms with Crippen LogP contribution in [0.5, 0.6) is 0 Å². The van der Waals surface area contributed by atoms with Gasteiger partial charge in [-0.15, -0.1) is 0 Å². The molecular weight excluding hydrogens is 267 g/mol. The summed E-state index contributed by atoms with van der Waals surface area (Å²) in [4.78, 5) is 0. The fraction of sp³-hybridized carbons (Fsp3) is 0.200. The molecule has 1 N–H and O–H groups in total. The van der Waals surface area contributed by atoms with Crippen molar-refractivity contribution in [3.8, 4) is 0 Å². The average Bonchev–Trinajstić information content (AvgIpc) is 2.35. The smallest absolute Gasteiger partial charge is 0.0621 e. The van der Waals surface area contributed by atoms with Crippen molar-refractivity contribution in [3.05, 3.63) is 69.7 Å². The monoisotopic (exact) mass is 280 g/mol. The van der Waals surface area contributed by atoms with Gasteiger partial charge in [-0.25, -0.2) is 0 Å². The molecule has 0 saturated heterocycles. The summed E-state index contributed by atoms with van der Waals surface area (Å²) in [5.74, 6) is 0. The second kappa shape index (κ2) is 6.24. The zero-order chi connectivity index (χ0) is 13.0. The maximum absolute atomic E-state index is 10.1. The highest BCUT2D eigenvalue weighted by Gasteiger charge is 2.10. The molecule has 1 atom stereocenters. The molecule has 0 saturated carbocycles. The number of hydrogen-bond donors (Lipinski definition) is 1. The summed E-state index contributed by atoms with van der Waals surface area (Å²) in [5.41, 5.74) is 2.00. The molecule has 0 aliphatic rings. The zero-order valence-electron chi connectivity index (χ0n) is 9.81.